The Balaban J connectivity index is 1.41. The summed E-state index contributed by atoms with van der Waals surface area (Å²) in [4.78, 5) is 19.3. The number of ether oxygens (including phenoxy) is 1. The van der Waals surface area contributed by atoms with Crippen LogP contribution in [0.2, 0.25) is 0 Å². The lowest BCUT2D eigenvalue weighted by Gasteiger charge is -2.24. The minimum atomic E-state index is -3.35. The van der Waals surface area contributed by atoms with Crippen LogP contribution in [0.15, 0.2) is 48.5 Å². The van der Waals surface area contributed by atoms with Gasteiger partial charge in [-0.3, -0.25) is 9.69 Å². The molecule has 0 unspecified atom stereocenters. The molecular weight excluding hydrogens is 454 g/mol. The highest BCUT2D eigenvalue weighted by Gasteiger charge is 2.29. The third kappa shape index (κ3) is 5.94. The van der Waals surface area contributed by atoms with Gasteiger partial charge in [-0.2, -0.15) is 0 Å². The Morgan fingerprint density at radius 1 is 1.15 bits per heavy atom. The molecule has 0 aliphatic carbocycles. The van der Waals surface area contributed by atoms with Gasteiger partial charge in [-0.05, 0) is 37.3 Å². The molecule has 9 nitrogen and oxygen atoms in total. The molecule has 1 atom stereocenters. The molecule has 3 aromatic rings. The Morgan fingerprint density at radius 2 is 1.91 bits per heavy atom. The number of carbonyl (C=O) groups excluding carboxylic acids is 1. The van der Waals surface area contributed by atoms with E-state index in [-0.39, 0.29) is 18.4 Å². The second-order valence-corrected chi connectivity index (χ2v) is 10.8. The number of aryl methyl sites for hydroxylation is 2. The number of benzene rings is 2. The van der Waals surface area contributed by atoms with Crippen molar-refractivity contribution in [3.8, 4) is 5.75 Å². The van der Waals surface area contributed by atoms with Gasteiger partial charge in [-0.15, -0.1) is 0 Å². The number of sulfonamides is 1. The zero-order valence-electron chi connectivity index (χ0n) is 19.8. The van der Waals surface area contributed by atoms with E-state index in [1.54, 1.807) is 0 Å². The van der Waals surface area contributed by atoms with Crippen LogP contribution in [0.3, 0.4) is 0 Å². The Bertz CT molecular complexity index is 1260. The number of para-hydroxylation sites is 1. The first kappa shape index (κ1) is 24.2. The van der Waals surface area contributed by atoms with Gasteiger partial charge >= 0.3 is 0 Å². The topological polar surface area (TPSA) is 96.8 Å². The Labute approximate surface area is 200 Å². The predicted octanol–water partition coefficient (Wildman–Crippen LogP) is 2.09. The van der Waals surface area contributed by atoms with E-state index in [2.05, 4.69) is 10.3 Å². The lowest BCUT2D eigenvalue weighted by atomic mass is 10.1. The van der Waals surface area contributed by atoms with Crippen molar-refractivity contribution in [1.29, 1.82) is 0 Å². The molecule has 0 radical (unpaired) electrons. The average Bonchev–Trinajstić information content (AvgIpc) is 2.94. The Hall–Kier alpha value is -2.95. The Kier molecular flexibility index (Phi) is 7.20. The molecule has 1 aromatic heterocycles. The number of anilines is 1. The van der Waals surface area contributed by atoms with Crippen LogP contribution in [0.1, 0.15) is 5.82 Å². The number of nitrogens with zero attached hydrogens (tertiary/aromatic N) is 4. The number of hydrogen-bond donors (Lipinski definition) is 1. The third-order valence-electron chi connectivity index (χ3n) is 6.10. The molecule has 1 fully saturated rings. The average molecular weight is 486 g/mol. The molecule has 10 heteroatoms. The van der Waals surface area contributed by atoms with Gasteiger partial charge in [0.25, 0.3) is 0 Å². The normalized spacial score (nSPS) is 18.0. The number of rotatable bonds is 7. The number of nitrogens with one attached hydrogen (secondary N) is 1. The molecule has 34 heavy (non-hydrogen) atoms. The van der Waals surface area contributed by atoms with Crippen LogP contribution in [0, 0.1) is 12.8 Å². The minimum Gasteiger partial charge on any atom is -0.493 e. The van der Waals surface area contributed by atoms with Crippen molar-refractivity contribution in [2.75, 3.05) is 50.9 Å². The molecule has 2 aromatic carbocycles. The predicted molar refractivity (Wildman–Crippen MR) is 132 cm³/mol. The number of aromatic nitrogens is 2. The van der Waals surface area contributed by atoms with Crippen LogP contribution in [0.5, 0.6) is 5.75 Å². The first-order valence-electron chi connectivity index (χ1n) is 11.3. The van der Waals surface area contributed by atoms with Crippen LogP contribution >= 0.6 is 0 Å². The standard InChI is InChI=1S/C24H31N5O4S/c1-18-25-22-13-20(9-10-23(22)27(18)2)26-24(30)16-28-11-12-29(34(3,31)32)15-19(14-28)17-33-21-7-5-4-6-8-21/h4-10,13,19H,11-12,14-17H2,1-3H3,(H,26,30)/t19-/m0/s1. The van der Waals surface area contributed by atoms with E-state index in [1.165, 1.54) is 10.6 Å². The van der Waals surface area contributed by atoms with Crippen LogP contribution < -0.4 is 10.1 Å². The maximum Gasteiger partial charge on any atom is 0.238 e. The molecule has 0 spiro atoms. The molecule has 1 N–H and O–H groups in total. The number of carbonyl (C=O) groups is 1. The highest BCUT2D eigenvalue weighted by Crippen LogP contribution is 2.20. The summed E-state index contributed by atoms with van der Waals surface area (Å²) >= 11 is 0. The van der Waals surface area contributed by atoms with Crippen molar-refractivity contribution in [3.63, 3.8) is 0 Å². The summed E-state index contributed by atoms with van der Waals surface area (Å²) in [5, 5.41) is 2.95. The van der Waals surface area contributed by atoms with Crippen molar-refractivity contribution in [2.45, 2.75) is 6.92 Å². The SMILES string of the molecule is Cc1nc2cc(NC(=O)CN3CCN(S(C)(=O)=O)C[C@@H](COc4ccccc4)C3)ccc2n1C. The van der Waals surface area contributed by atoms with E-state index in [4.69, 9.17) is 4.74 Å². The van der Waals surface area contributed by atoms with Crippen molar-refractivity contribution in [2.24, 2.45) is 13.0 Å². The van der Waals surface area contributed by atoms with Crippen molar-refractivity contribution in [1.82, 2.24) is 18.8 Å². The summed E-state index contributed by atoms with van der Waals surface area (Å²) in [5.41, 5.74) is 2.52. The molecule has 0 saturated carbocycles. The van der Waals surface area contributed by atoms with Crippen LogP contribution in [-0.2, 0) is 21.9 Å². The number of fused-ring (bicyclic) bond motifs is 1. The quantitative estimate of drug-likeness (QED) is 0.551. The van der Waals surface area contributed by atoms with Crippen LogP contribution in [0.4, 0.5) is 5.69 Å². The van der Waals surface area contributed by atoms with E-state index in [0.717, 1.165) is 22.6 Å². The minimum absolute atomic E-state index is 0.0712. The molecule has 1 aliphatic heterocycles. The van der Waals surface area contributed by atoms with E-state index < -0.39 is 10.0 Å². The molecule has 182 valence electrons. The van der Waals surface area contributed by atoms with E-state index in [9.17, 15) is 13.2 Å². The van der Waals surface area contributed by atoms with Gasteiger partial charge in [0.2, 0.25) is 15.9 Å². The first-order valence-corrected chi connectivity index (χ1v) is 13.1. The van der Waals surface area contributed by atoms with Gasteiger partial charge in [0.1, 0.15) is 11.6 Å². The molecule has 1 aliphatic rings. The summed E-state index contributed by atoms with van der Waals surface area (Å²) in [6.07, 6.45) is 1.22. The van der Waals surface area contributed by atoms with E-state index in [0.29, 0.717) is 38.5 Å². The van der Waals surface area contributed by atoms with E-state index >= 15 is 0 Å². The summed E-state index contributed by atoms with van der Waals surface area (Å²) in [7, 11) is -1.39. The zero-order chi connectivity index (χ0) is 24.3. The number of hydrogen-bond acceptors (Lipinski definition) is 6. The lowest BCUT2D eigenvalue weighted by Crippen LogP contribution is -2.38. The molecule has 4 rings (SSSR count). The highest BCUT2D eigenvalue weighted by atomic mass is 32.2. The second kappa shape index (κ2) is 10.1. The summed E-state index contributed by atoms with van der Waals surface area (Å²) in [6.45, 7) is 4.20. The van der Waals surface area contributed by atoms with Crippen molar-refractivity contribution in [3.05, 3.63) is 54.4 Å². The van der Waals surface area contributed by atoms with Crippen molar-refractivity contribution >= 4 is 32.7 Å². The smallest absolute Gasteiger partial charge is 0.238 e. The fourth-order valence-corrected chi connectivity index (χ4v) is 5.12. The highest BCUT2D eigenvalue weighted by molar-refractivity contribution is 7.88. The van der Waals surface area contributed by atoms with Crippen LogP contribution in [0.25, 0.3) is 11.0 Å². The molecule has 1 amide bonds. The maximum atomic E-state index is 12.8. The van der Waals surface area contributed by atoms with Gasteiger partial charge in [0, 0.05) is 44.8 Å². The van der Waals surface area contributed by atoms with Gasteiger partial charge in [-0.25, -0.2) is 17.7 Å². The monoisotopic (exact) mass is 485 g/mol. The summed E-state index contributed by atoms with van der Waals surface area (Å²) in [6, 6.07) is 15.1. The Morgan fingerprint density at radius 3 is 2.65 bits per heavy atom. The van der Waals surface area contributed by atoms with Gasteiger partial charge < -0.3 is 14.6 Å². The summed E-state index contributed by atoms with van der Waals surface area (Å²) in [5.74, 6) is 1.42. The first-order chi connectivity index (χ1) is 16.2. The number of imidazole rings is 1. The van der Waals surface area contributed by atoms with Crippen LogP contribution in [-0.4, -0.2) is 78.7 Å². The van der Waals surface area contributed by atoms with E-state index in [1.807, 2.05) is 72.0 Å². The zero-order valence-corrected chi connectivity index (χ0v) is 20.6. The largest absolute Gasteiger partial charge is 0.493 e. The van der Waals surface area contributed by atoms with Gasteiger partial charge in [0.05, 0.1) is 30.4 Å². The van der Waals surface area contributed by atoms with Crippen molar-refractivity contribution < 1.29 is 17.9 Å². The fraction of sp³-hybridized carbons (Fsp3) is 0.417. The fourth-order valence-electron chi connectivity index (χ4n) is 4.23. The molecule has 2 heterocycles. The second-order valence-electron chi connectivity index (χ2n) is 8.82. The number of amides is 1. The molecule has 1 saturated heterocycles. The lowest BCUT2D eigenvalue weighted by molar-refractivity contribution is -0.117. The maximum absolute atomic E-state index is 12.8. The van der Waals surface area contributed by atoms with Gasteiger partial charge in [-0.1, -0.05) is 18.2 Å². The third-order valence-corrected chi connectivity index (χ3v) is 7.37. The molecule has 0 bridgehead atoms. The van der Waals surface area contributed by atoms with Gasteiger partial charge in [0.15, 0.2) is 0 Å². The molecular formula is C24H31N5O4S. The summed E-state index contributed by atoms with van der Waals surface area (Å²) < 4.78 is 33.9.